The van der Waals surface area contributed by atoms with Gasteiger partial charge in [0.1, 0.15) is 36.9 Å². The van der Waals surface area contributed by atoms with E-state index in [0.717, 1.165) is 0 Å². The summed E-state index contributed by atoms with van der Waals surface area (Å²) >= 11 is 0. The summed E-state index contributed by atoms with van der Waals surface area (Å²) in [6, 6.07) is 4.91. The van der Waals surface area contributed by atoms with Gasteiger partial charge in [0.05, 0.1) is 35.5 Å². The summed E-state index contributed by atoms with van der Waals surface area (Å²) in [5.74, 6) is 3.26. The van der Waals surface area contributed by atoms with Crippen molar-refractivity contribution in [3.63, 3.8) is 0 Å². The van der Waals surface area contributed by atoms with Crippen LogP contribution in [-0.4, -0.2) is 127 Å². The summed E-state index contributed by atoms with van der Waals surface area (Å²) in [5, 5.41) is 16.3. The maximum absolute atomic E-state index is 14.4. The summed E-state index contributed by atoms with van der Waals surface area (Å²) in [6.07, 6.45) is -3.97. The van der Waals surface area contributed by atoms with Crippen molar-refractivity contribution in [1.82, 2.24) is 9.88 Å². The molecule has 0 bridgehead atoms. The molecule has 0 aromatic carbocycles. The van der Waals surface area contributed by atoms with E-state index in [0.29, 0.717) is 36.5 Å². The van der Waals surface area contributed by atoms with E-state index in [1.165, 1.54) is 0 Å². The number of nitrogens with zero attached hydrogens (tertiary/aromatic N) is 3. The second-order valence-corrected chi connectivity index (χ2v) is 16.2. The minimum Gasteiger partial charge on any atom is -0.458 e. The first-order valence-electron chi connectivity index (χ1n) is 19.8. The first-order chi connectivity index (χ1) is 26.9. The van der Waals surface area contributed by atoms with Crippen molar-refractivity contribution in [2.24, 2.45) is 28.8 Å². The molecule has 4 rings (SSSR count). The second kappa shape index (κ2) is 19.8. The molecule has 0 radical (unpaired) electrons. The van der Waals surface area contributed by atoms with Crippen LogP contribution in [0.5, 0.6) is 0 Å². The topological polar surface area (TPSA) is 183 Å². The van der Waals surface area contributed by atoms with Crippen LogP contribution in [0, 0.1) is 35.5 Å². The van der Waals surface area contributed by atoms with Gasteiger partial charge >= 0.3 is 12.1 Å². The number of ether oxygens (including phenoxy) is 7. The van der Waals surface area contributed by atoms with Crippen LogP contribution < -0.4 is 5.73 Å². The molecule has 0 amide bonds. The van der Waals surface area contributed by atoms with Crippen molar-refractivity contribution in [3.8, 4) is 11.8 Å². The van der Waals surface area contributed by atoms with Gasteiger partial charge in [0.2, 0.25) is 0 Å². The zero-order chi connectivity index (χ0) is 42.2. The molecule has 15 heteroatoms. The number of esters is 1. The Hall–Kier alpha value is -3.78. The number of anilines is 1. The van der Waals surface area contributed by atoms with Gasteiger partial charge in [0.25, 0.3) is 0 Å². The van der Waals surface area contributed by atoms with E-state index in [2.05, 4.69) is 28.6 Å². The molecule has 3 aliphatic heterocycles. The van der Waals surface area contributed by atoms with E-state index >= 15 is 0 Å². The third-order valence-electron chi connectivity index (χ3n) is 11.7. The lowest BCUT2D eigenvalue weighted by molar-refractivity contribution is -0.302. The van der Waals surface area contributed by atoms with Crippen LogP contribution in [0.15, 0.2) is 36.0 Å². The average Bonchev–Trinajstić information content (AvgIpc) is 3.48. The molecule has 14 atom stereocenters. The number of carbonyl (C=O) groups excluding carboxylic acids is 2. The fourth-order valence-electron chi connectivity index (χ4n) is 8.62. The van der Waals surface area contributed by atoms with Gasteiger partial charge in [-0.25, -0.2) is 9.78 Å². The highest BCUT2D eigenvalue weighted by Gasteiger charge is 2.59. The van der Waals surface area contributed by atoms with E-state index in [1.54, 1.807) is 45.2 Å². The van der Waals surface area contributed by atoms with Crippen LogP contribution in [-0.2, 0) is 42.8 Å². The fraction of sp³-hybridized carbons (Fsp3) is 0.714. The molecule has 1 aromatic heterocycles. The average molecular weight is 801 g/mol. The molecule has 3 fully saturated rings. The SMILES string of the molecule is C=CCO/N=C1\[C@H](C)C[C@@](C)(OC)[C@H](O[C@@H]2O[C@H](C)C[C@H](N(C)C)[C@H]2O)[C@@H](C)[C@H](OCC#Cc2cccc(N)n2)[C@@H](C)C(=O)O[C@H](CC)[C@@]2(C)OC(=O)O[C@@H]2[C@H]1C. The lowest BCUT2D eigenvalue weighted by atomic mass is 9.73. The predicted molar refractivity (Wildman–Crippen MR) is 213 cm³/mol. The number of likely N-dealkylation sites (N-methyl/N-ethyl adjacent to an activating group) is 1. The third-order valence-corrected chi connectivity index (χ3v) is 11.7. The van der Waals surface area contributed by atoms with Gasteiger partial charge in [0, 0.05) is 30.9 Å². The second-order valence-electron chi connectivity index (χ2n) is 16.2. The van der Waals surface area contributed by atoms with Crippen molar-refractivity contribution in [2.45, 2.75) is 135 Å². The number of oxime groups is 1. The molecule has 57 heavy (non-hydrogen) atoms. The molecule has 15 nitrogen and oxygen atoms in total. The van der Waals surface area contributed by atoms with Crippen molar-refractivity contribution >= 4 is 23.7 Å². The number of hydrogen-bond donors (Lipinski definition) is 2. The Kier molecular flexibility index (Phi) is 15.9. The van der Waals surface area contributed by atoms with E-state index in [1.807, 2.05) is 60.5 Å². The van der Waals surface area contributed by atoms with Crippen LogP contribution in [0.25, 0.3) is 0 Å². The van der Waals surface area contributed by atoms with Crippen LogP contribution in [0.4, 0.5) is 10.6 Å². The Morgan fingerprint density at radius 1 is 1.14 bits per heavy atom. The van der Waals surface area contributed by atoms with Gasteiger partial charge in [-0.3, -0.25) is 4.79 Å². The number of aliphatic hydroxyl groups excluding tert-OH is 1. The summed E-state index contributed by atoms with van der Waals surface area (Å²) < 4.78 is 44.2. The van der Waals surface area contributed by atoms with Crippen LogP contribution in [0.1, 0.15) is 80.3 Å². The Bertz CT molecular complexity index is 1630. The number of nitrogens with two attached hydrogens (primary N) is 1. The maximum Gasteiger partial charge on any atom is 0.509 e. The van der Waals surface area contributed by atoms with Crippen LogP contribution >= 0.6 is 0 Å². The zero-order valence-electron chi connectivity index (χ0n) is 35.4. The molecule has 0 aliphatic carbocycles. The molecular weight excluding hydrogens is 736 g/mol. The minimum atomic E-state index is -1.38. The lowest BCUT2D eigenvalue weighted by Crippen LogP contribution is -2.60. The molecule has 318 valence electrons. The van der Waals surface area contributed by atoms with Gasteiger partial charge in [-0.2, -0.15) is 0 Å². The Morgan fingerprint density at radius 2 is 1.86 bits per heavy atom. The Morgan fingerprint density at radius 3 is 2.49 bits per heavy atom. The summed E-state index contributed by atoms with van der Waals surface area (Å²) in [7, 11) is 5.40. The molecule has 3 saturated heterocycles. The summed E-state index contributed by atoms with van der Waals surface area (Å²) in [4.78, 5) is 39.2. The molecule has 0 unspecified atom stereocenters. The zero-order valence-corrected chi connectivity index (χ0v) is 35.4. The maximum atomic E-state index is 14.4. The van der Waals surface area contributed by atoms with Gasteiger partial charge in [-0.1, -0.05) is 57.5 Å². The predicted octanol–water partition coefficient (Wildman–Crippen LogP) is 4.74. The van der Waals surface area contributed by atoms with Gasteiger partial charge in [-0.05, 0) is 79.1 Å². The number of fused-ring (bicyclic) bond motifs is 1. The molecular formula is C42H64N4O11. The Labute approximate surface area is 337 Å². The Balaban J connectivity index is 1.88. The number of carbonyl (C=O) groups is 2. The van der Waals surface area contributed by atoms with Crippen molar-refractivity contribution < 1.29 is 52.7 Å². The molecule has 4 heterocycles. The standard InChI is InChI=1S/C42H64N4O11/c1-13-20-52-45-33-24(3)23-41(8,50-12)36(55-39-34(47)30(46(10)11)22-25(4)53-39)27(6)35(51-21-16-18-29-17-15-19-32(43)44-29)28(7)38(48)54-31(14-2)42(9)37(26(33)5)56-40(49)57-42/h13,15,17,19,24-28,30-31,34-37,39,47H,1,14,20-23H2,2-12H3,(H2,43,44)/b45-33+/t24-,25-,26+,27+,28-,30+,31-,34-,35+,36-,37-,39+,41-,42-/m1/s1. The van der Waals surface area contributed by atoms with E-state index in [4.69, 9.17) is 43.7 Å². The first-order valence-corrected chi connectivity index (χ1v) is 19.8. The van der Waals surface area contributed by atoms with Gasteiger partial charge in [-0.15, -0.1) is 0 Å². The van der Waals surface area contributed by atoms with E-state index in [9.17, 15) is 14.7 Å². The number of aromatic nitrogens is 1. The van der Waals surface area contributed by atoms with Crippen molar-refractivity contribution in [1.29, 1.82) is 0 Å². The molecule has 3 N–H and O–H groups in total. The normalized spacial score (nSPS) is 38.5. The number of aliphatic hydroxyl groups is 1. The molecule has 0 spiro atoms. The van der Waals surface area contributed by atoms with E-state index < -0.39 is 77.9 Å². The number of hydrogen-bond acceptors (Lipinski definition) is 15. The number of nitrogen functional groups attached to an aromatic ring is 1. The van der Waals surface area contributed by atoms with Crippen LogP contribution in [0.3, 0.4) is 0 Å². The largest absolute Gasteiger partial charge is 0.509 e. The minimum absolute atomic E-state index is 0.0877. The first kappa shape index (κ1) is 45.9. The lowest BCUT2D eigenvalue weighted by Gasteiger charge is -2.48. The number of rotatable bonds is 10. The number of cyclic esters (lactones) is 1. The molecule has 0 saturated carbocycles. The third kappa shape index (κ3) is 10.6. The number of pyridine rings is 1. The van der Waals surface area contributed by atoms with E-state index in [-0.39, 0.29) is 31.3 Å². The van der Waals surface area contributed by atoms with Gasteiger partial charge < -0.3 is 53.7 Å². The van der Waals surface area contributed by atoms with Crippen molar-refractivity contribution in [3.05, 3.63) is 36.5 Å². The van der Waals surface area contributed by atoms with Gasteiger partial charge in [0.15, 0.2) is 18.0 Å². The summed E-state index contributed by atoms with van der Waals surface area (Å²) in [6.45, 7) is 18.7. The highest BCUT2D eigenvalue weighted by atomic mass is 16.8. The monoisotopic (exact) mass is 800 g/mol. The number of methoxy groups -OCH3 is 1. The molecule has 1 aromatic rings. The van der Waals surface area contributed by atoms with Crippen LogP contribution in [0.2, 0.25) is 0 Å². The van der Waals surface area contributed by atoms with Crippen molar-refractivity contribution in [2.75, 3.05) is 40.2 Å². The highest BCUT2D eigenvalue weighted by Crippen LogP contribution is 2.43. The fourth-order valence-corrected chi connectivity index (χ4v) is 8.62. The smallest absolute Gasteiger partial charge is 0.458 e. The highest BCUT2D eigenvalue weighted by molar-refractivity contribution is 5.89. The quantitative estimate of drug-likeness (QED) is 0.109. The summed E-state index contributed by atoms with van der Waals surface area (Å²) in [5.41, 5.74) is 4.36. The molecule has 3 aliphatic rings.